The summed E-state index contributed by atoms with van der Waals surface area (Å²) < 4.78 is 0. The van der Waals surface area contributed by atoms with Crippen LogP contribution in [0, 0.1) is 18.8 Å². The van der Waals surface area contributed by atoms with Crippen LogP contribution in [0.3, 0.4) is 0 Å². The first-order valence-electron chi connectivity index (χ1n) is 13.9. The topological polar surface area (TPSA) is 52.7 Å². The van der Waals surface area contributed by atoms with Crippen molar-refractivity contribution in [2.45, 2.75) is 52.1 Å². The summed E-state index contributed by atoms with van der Waals surface area (Å²) in [6.45, 7) is 10.8. The Labute approximate surface area is 230 Å². The highest BCUT2D eigenvalue weighted by molar-refractivity contribution is 7.10. The Morgan fingerprint density at radius 3 is 2.45 bits per heavy atom. The van der Waals surface area contributed by atoms with E-state index in [-0.39, 0.29) is 17.9 Å². The van der Waals surface area contributed by atoms with Gasteiger partial charge in [0.05, 0.1) is 12.0 Å². The minimum Gasteiger partial charge on any atom is -0.355 e. The summed E-state index contributed by atoms with van der Waals surface area (Å²) in [7, 11) is 0. The molecule has 1 fully saturated rings. The standard InChI is InChI=1S/C32H39N3O2S/c1-22(2)20-35-30(28-9-6-18-38-28)29(26-7-4-5-8-27(26)32(35)37)31(36)33-19-24-14-16-34(17-15-24)21-25-12-10-23(3)11-13-25/h4-13,18,22,24,29-30H,14-17,19-21H2,1-3H3,(H,33,36)/t29-,30-/m0/s1. The Morgan fingerprint density at radius 1 is 1.03 bits per heavy atom. The van der Waals surface area contributed by atoms with Crippen LogP contribution in [0.4, 0.5) is 0 Å². The summed E-state index contributed by atoms with van der Waals surface area (Å²) in [5.74, 6) is 0.418. The molecule has 2 atom stereocenters. The van der Waals surface area contributed by atoms with Crippen LogP contribution in [0.2, 0.25) is 0 Å². The highest BCUT2D eigenvalue weighted by Gasteiger charge is 2.44. The summed E-state index contributed by atoms with van der Waals surface area (Å²) in [6.07, 6.45) is 2.17. The lowest BCUT2D eigenvalue weighted by Gasteiger charge is -2.42. The lowest BCUT2D eigenvalue weighted by molar-refractivity contribution is -0.124. The lowest BCUT2D eigenvalue weighted by Crippen LogP contribution is -2.49. The number of nitrogens with one attached hydrogen (secondary N) is 1. The molecule has 3 aromatic rings. The van der Waals surface area contributed by atoms with E-state index in [0.29, 0.717) is 30.5 Å². The van der Waals surface area contributed by atoms with E-state index in [9.17, 15) is 9.59 Å². The molecule has 1 N–H and O–H groups in total. The minimum absolute atomic E-state index is 0.0256. The van der Waals surface area contributed by atoms with Gasteiger partial charge >= 0.3 is 0 Å². The molecule has 5 rings (SSSR count). The molecule has 5 nitrogen and oxygen atoms in total. The lowest BCUT2D eigenvalue weighted by atomic mass is 9.81. The van der Waals surface area contributed by atoms with E-state index < -0.39 is 5.92 Å². The number of thiophene rings is 1. The molecule has 2 aliphatic rings. The predicted molar refractivity (Wildman–Crippen MR) is 154 cm³/mol. The fourth-order valence-corrected chi connectivity index (χ4v) is 6.78. The summed E-state index contributed by atoms with van der Waals surface area (Å²) >= 11 is 1.63. The molecular weight excluding hydrogens is 490 g/mol. The van der Waals surface area contributed by atoms with Crippen molar-refractivity contribution in [3.63, 3.8) is 0 Å². The van der Waals surface area contributed by atoms with Gasteiger partial charge in [0.2, 0.25) is 5.91 Å². The van der Waals surface area contributed by atoms with Gasteiger partial charge in [-0.25, -0.2) is 0 Å². The zero-order valence-corrected chi connectivity index (χ0v) is 23.5. The zero-order chi connectivity index (χ0) is 26.6. The van der Waals surface area contributed by atoms with Gasteiger partial charge in [0.25, 0.3) is 5.91 Å². The fraction of sp³-hybridized carbons (Fsp3) is 0.438. The second kappa shape index (κ2) is 11.8. The number of carbonyl (C=O) groups is 2. The first-order chi connectivity index (χ1) is 18.4. The smallest absolute Gasteiger partial charge is 0.254 e. The van der Waals surface area contributed by atoms with Crippen LogP contribution in [0.15, 0.2) is 66.0 Å². The average Bonchev–Trinajstić information content (AvgIpc) is 3.45. The van der Waals surface area contributed by atoms with Gasteiger partial charge in [-0.2, -0.15) is 0 Å². The molecule has 6 heteroatoms. The largest absolute Gasteiger partial charge is 0.355 e. The molecule has 0 radical (unpaired) electrons. The number of likely N-dealkylation sites (tertiary alicyclic amines) is 1. The van der Waals surface area contributed by atoms with Gasteiger partial charge in [-0.15, -0.1) is 11.3 Å². The summed E-state index contributed by atoms with van der Waals surface area (Å²) in [6, 6.07) is 20.3. The van der Waals surface area contributed by atoms with Gasteiger partial charge in [-0.1, -0.05) is 67.9 Å². The molecule has 2 aliphatic heterocycles. The summed E-state index contributed by atoms with van der Waals surface area (Å²) in [4.78, 5) is 33.1. The number of hydrogen-bond donors (Lipinski definition) is 1. The van der Waals surface area contributed by atoms with Crippen molar-refractivity contribution >= 4 is 23.2 Å². The number of benzene rings is 2. The Hall–Kier alpha value is -2.96. The van der Waals surface area contributed by atoms with E-state index in [1.54, 1.807) is 11.3 Å². The third-order valence-corrected chi connectivity index (χ3v) is 8.86. The number of hydrogen-bond acceptors (Lipinski definition) is 4. The molecule has 200 valence electrons. The first-order valence-corrected chi connectivity index (χ1v) is 14.8. The van der Waals surface area contributed by atoms with Crippen molar-refractivity contribution in [1.82, 2.24) is 15.1 Å². The molecule has 0 saturated carbocycles. The van der Waals surface area contributed by atoms with Crippen LogP contribution < -0.4 is 5.32 Å². The average molecular weight is 530 g/mol. The highest BCUT2D eigenvalue weighted by atomic mass is 32.1. The van der Waals surface area contributed by atoms with Crippen LogP contribution in [0.1, 0.15) is 70.6 Å². The molecule has 1 aromatic heterocycles. The molecule has 0 unspecified atom stereocenters. The maximum Gasteiger partial charge on any atom is 0.254 e. The van der Waals surface area contributed by atoms with Gasteiger partial charge in [0.15, 0.2) is 0 Å². The number of piperidine rings is 1. The van der Waals surface area contributed by atoms with E-state index >= 15 is 0 Å². The second-order valence-electron chi connectivity index (χ2n) is 11.3. The third kappa shape index (κ3) is 5.87. The van der Waals surface area contributed by atoms with Crippen LogP contribution in [-0.2, 0) is 11.3 Å². The Bertz CT molecular complexity index is 1230. The van der Waals surface area contributed by atoms with Crippen LogP contribution in [0.5, 0.6) is 0 Å². The number of aryl methyl sites for hydroxylation is 1. The maximum atomic E-state index is 13.9. The van der Waals surface area contributed by atoms with Crippen molar-refractivity contribution in [3.05, 3.63) is 93.2 Å². The van der Waals surface area contributed by atoms with Gasteiger partial charge in [0, 0.05) is 30.1 Å². The second-order valence-corrected chi connectivity index (χ2v) is 12.3. The number of nitrogens with zero attached hydrogens (tertiary/aromatic N) is 2. The Kier molecular flexibility index (Phi) is 8.29. The van der Waals surface area contributed by atoms with Gasteiger partial charge in [-0.3, -0.25) is 14.5 Å². The first kappa shape index (κ1) is 26.6. The summed E-state index contributed by atoms with van der Waals surface area (Å²) in [5, 5.41) is 5.36. The van der Waals surface area contributed by atoms with Crippen molar-refractivity contribution < 1.29 is 9.59 Å². The number of amides is 2. The van der Waals surface area contributed by atoms with Crippen LogP contribution in [0.25, 0.3) is 0 Å². The Balaban J connectivity index is 1.28. The van der Waals surface area contributed by atoms with Crippen molar-refractivity contribution in [2.75, 3.05) is 26.2 Å². The van der Waals surface area contributed by atoms with Crippen molar-refractivity contribution in [1.29, 1.82) is 0 Å². The van der Waals surface area contributed by atoms with Crippen LogP contribution in [-0.4, -0.2) is 47.8 Å². The molecule has 2 amide bonds. The number of rotatable bonds is 8. The summed E-state index contributed by atoms with van der Waals surface area (Å²) in [5.41, 5.74) is 4.16. The van der Waals surface area contributed by atoms with E-state index in [2.05, 4.69) is 61.3 Å². The quantitative estimate of drug-likeness (QED) is 0.388. The highest BCUT2D eigenvalue weighted by Crippen LogP contribution is 2.44. The molecule has 0 bridgehead atoms. The van der Waals surface area contributed by atoms with Crippen molar-refractivity contribution in [2.24, 2.45) is 11.8 Å². The molecule has 2 aromatic carbocycles. The monoisotopic (exact) mass is 529 g/mol. The molecular formula is C32H39N3O2S. The fourth-order valence-electron chi connectivity index (χ4n) is 5.90. The molecule has 3 heterocycles. The molecule has 38 heavy (non-hydrogen) atoms. The van der Waals surface area contributed by atoms with E-state index in [1.807, 2.05) is 40.6 Å². The molecule has 0 aliphatic carbocycles. The van der Waals surface area contributed by atoms with Crippen LogP contribution >= 0.6 is 11.3 Å². The predicted octanol–water partition coefficient (Wildman–Crippen LogP) is 6.02. The Morgan fingerprint density at radius 2 is 1.76 bits per heavy atom. The SMILES string of the molecule is Cc1ccc(CN2CCC(CNC(=O)[C@H]3c4ccccc4C(=O)N(CC(C)C)[C@H]3c3cccs3)CC2)cc1. The number of fused-ring (bicyclic) bond motifs is 1. The minimum atomic E-state index is -0.414. The van der Waals surface area contributed by atoms with E-state index in [1.165, 1.54) is 11.1 Å². The third-order valence-electron chi connectivity index (χ3n) is 7.92. The zero-order valence-electron chi connectivity index (χ0n) is 22.7. The maximum absolute atomic E-state index is 13.9. The normalized spacial score (nSPS) is 20.5. The van der Waals surface area contributed by atoms with Gasteiger partial charge in [-0.05, 0) is 73.3 Å². The van der Waals surface area contributed by atoms with E-state index in [4.69, 9.17) is 0 Å². The molecule has 1 saturated heterocycles. The van der Waals surface area contributed by atoms with Crippen molar-refractivity contribution in [3.8, 4) is 0 Å². The number of carbonyl (C=O) groups excluding carboxylic acids is 2. The van der Waals surface area contributed by atoms with Gasteiger partial charge in [0.1, 0.15) is 0 Å². The van der Waals surface area contributed by atoms with E-state index in [0.717, 1.165) is 42.9 Å². The molecule has 0 spiro atoms. The van der Waals surface area contributed by atoms with Gasteiger partial charge < -0.3 is 10.2 Å².